The van der Waals surface area contributed by atoms with Gasteiger partial charge in [0, 0.05) is 11.0 Å². The van der Waals surface area contributed by atoms with Crippen LogP contribution in [0.4, 0.5) is 0 Å². The van der Waals surface area contributed by atoms with Gasteiger partial charge in [-0.1, -0.05) is 15.9 Å². The van der Waals surface area contributed by atoms with Crippen molar-refractivity contribution in [3.8, 4) is 5.75 Å². The normalized spacial score (nSPS) is 10.9. The van der Waals surface area contributed by atoms with Crippen molar-refractivity contribution in [3.63, 3.8) is 0 Å². The van der Waals surface area contributed by atoms with Gasteiger partial charge in [-0.3, -0.25) is 0 Å². The molecular formula is C13H21BrN2O. The molecule has 0 atom stereocenters. The fourth-order valence-corrected chi connectivity index (χ4v) is 2.30. The number of ether oxygens (including phenoxy) is 1. The SMILES string of the molecule is Cc1cc(Br)cc(CCN)c1OCCN(C)C. The van der Waals surface area contributed by atoms with Gasteiger partial charge >= 0.3 is 0 Å². The molecule has 1 aromatic carbocycles. The maximum atomic E-state index is 5.87. The summed E-state index contributed by atoms with van der Waals surface area (Å²) in [6.07, 6.45) is 0.845. The van der Waals surface area contributed by atoms with Crippen LogP contribution in [0.3, 0.4) is 0 Å². The highest BCUT2D eigenvalue weighted by Crippen LogP contribution is 2.28. The number of likely N-dealkylation sites (N-methyl/N-ethyl adjacent to an activating group) is 1. The third-order valence-electron chi connectivity index (χ3n) is 2.51. The smallest absolute Gasteiger partial charge is 0.125 e. The summed E-state index contributed by atoms with van der Waals surface area (Å²) >= 11 is 3.50. The van der Waals surface area contributed by atoms with Crippen LogP contribution in [0.2, 0.25) is 0 Å². The van der Waals surface area contributed by atoms with E-state index in [4.69, 9.17) is 10.5 Å². The molecule has 3 nitrogen and oxygen atoms in total. The van der Waals surface area contributed by atoms with Crippen LogP contribution in [0.25, 0.3) is 0 Å². The van der Waals surface area contributed by atoms with E-state index in [1.54, 1.807) is 0 Å². The molecule has 0 bridgehead atoms. The highest BCUT2D eigenvalue weighted by molar-refractivity contribution is 9.10. The Kier molecular flexibility index (Phi) is 5.95. The van der Waals surface area contributed by atoms with Gasteiger partial charge in [-0.15, -0.1) is 0 Å². The number of halogens is 1. The van der Waals surface area contributed by atoms with Gasteiger partial charge in [0.25, 0.3) is 0 Å². The Balaban J connectivity index is 2.80. The summed E-state index contributed by atoms with van der Waals surface area (Å²) in [5.74, 6) is 0.987. The first-order chi connectivity index (χ1) is 8.04. The molecule has 0 fully saturated rings. The summed E-state index contributed by atoms with van der Waals surface area (Å²) in [7, 11) is 4.08. The van der Waals surface area contributed by atoms with Crippen molar-refractivity contribution in [2.24, 2.45) is 5.73 Å². The molecule has 17 heavy (non-hydrogen) atoms. The number of benzene rings is 1. The second-order valence-corrected chi connectivity index (χ2v) is 5.32. The third-order valence-corrected chi connectivity index (χ3v) is 2.97. The molecule has 4 heteroatoms. The topological polar surface area (TPSA) is 38.5 Å². The molecule has 0 aliphatic heterocycles. The number of nitrogens with two attached hydrogens (primary N) is 1. The molecule has 96 valence electrons. The van der Waals surface area contributed by atoms with E-state index in [0.717, 1.165) is 28.8 Å². The Morgan fingerprint density at radius 1 is 1.35 bits per heavy atom. The molecule has 0 saturated heterocycles. The van der Waals surface area contributed by atoms with Crippen molar-refractivity contribution in [1.82, 2.24) is 4.90 Å². The van der Waals surface area contributed by atoms with E-state index in [1.165, 1.54) is 5.56 Å². The Bertz CT molecular complexity index is 367. The second-order valence-electron chi connectivity index (χ2n) is 4.40. The van der Waals surface area contributed by atoms with Crippen LogP contribution in [0.5, 0.6) is 5.75 Å². The predicted octanol–water partition coefficient (Wildman–Crippen LogP) is 2.20. The minimum atomic E-state index is 0.639. The molecule has 0 aliphatic carbocycles. The average molecular weight is 301 g/mol. The zero-order valence-electron chi connectivity index (χ0n) is 10.8. The van der Waals surface area contributed by atoms with E-state index in [0.29, 0.717) is 13.2 Å². The minimum Gasteiger partial charge on any atom is -0.492 e. The van der Waals surface area contributed by atoms with Crippen LogP contribution < -0.4 is 10.5 Å². The summed E-state index contributed by atoms with van der Waals surface area (Å²) in [6.45, 7) is 4.32. The Morgan fingerprint density at radius 3 is 2.65 bits per heavy atom. The van der Waals surface area contributed by atoms with Gasteiger partial charge in [-0.05, 0) is 57.2 Å². The van der Waals surface area contributed by atoms with Gasteiger partial charge in [-0.2, -0.15) is 0 Å². The van der Waals surface area contributed by atoms with Crippen molar-refractivity contribution in [3.05, 3.63) is 27.7 Å². The molecule has 0 heterocycles. The van der Waals surface area contributed by atoms with E-state index in [-0.39, 0.29) is 0 Å². The van der Waals surface area contributed by atoms with Crippen molar-refractivity contribution in [1.29, 1.82) is 0 Å². The van der Waals surface area contributed by atoms with Crippen molar-refractivity contribution in [2.45, 2.75) is 13.3 Å². The lowest BCUT2D eigenvalue weighted by Gasteiger charge is -2.16. The Morgan fingerprint density at radius 2 is 2.06 bits per heavy atom. The number of hydrogen-bond acceptors (Lipinski definition) is 3. The van der Waals surface area contributed by atoms with E-state index >= 15 is 0 Å². The lowest BCUT2D eigenvalue weighted by atomic mass is 10.1. The van der Waals surface area contributed by atoms with Gasteiger partial charge in [0.05, 0.1) is 0 Å². The molecule has 1 rings (SSSR count). The molecular weight excluding hydrogens is 280 g/mol. The van der Waals surface area contributed by atoms with E-state index in [9.17, 15) is 0 Å². The molecule has 0 amide bonds. The largest absolute Gasteiger partial charge is 0.492 e. The minimum absolute atomic E-state index is 0.639. The van der Waals surface area contributed by atoms with Crippen LogP contribution in [-0.4, -0.2) is 38.7 Å². The second kappa shape index (κ2) is 6.99. The van der Waals surface area contributed by atoms with Crippen molar-refractivity contribution < 1.29 is 4.74 Å². The highest BCUT2D eigenvalue weighted by atomic mass is 79.9. The summed E-state index contributed by atoms with van der Waals surface area (Å²) in [4.78, 5) is 2.11. The predicted molar refractivity (Wildman–Crippen MR) is 75.7 cm³/mol. The fraction of sp³-hybridized carbons (Fsp3) is 0.538. The Labute approximate surface area is 112 Å². The lowest BCUT2D eigenvalue weighted by Crippen LogP contribution is -2.20. The highest BCUT2D eigenvalue weighted by Gasteiger charge is 2.08. The quantitative estimate of drug-likeness (QED) is 0.875. The van der Waals surface area contributed by atoms with Gasteiger partial charge in [0.1, 0.15) is 12.4 Å². The summed E-state index contributed by atoms with van der Waals surface area (Å²) in [5, 5.41) is 0. The van der Waals surface area contributed by atoms with Crippen molar-refractivity contribution >= 4 is 15.9 Å². The molecule has 1 aromatic rings. The third kappa shape index (κ3) is 4.66. The van der Waals surface area contributed by atoms with Gasteiger partial charge in [-0.25, -0.2) is 0 Å². The van der Waals surface area contributed by atoms with Crippen LogP contribution >= 0.6 is 15.9 Å². The maximum Gasteiger partial charge on any atom is 0.125 e. The first-order valence-electron chi connectivity index (χ1n) is 5.81. The number of aryl methyl sites for hydroxylation is 1. The van der Waals surface area contributed by atoms with Gasteiger partial charge in [0.15, 0.2) is 0 Å². The van der Waals surface area contributed by atoms with Crippen LogP contribution in [-0.2, 0) is 6.42 Å². The number of nitrogens with zero attached hydrogens (tertiary/aromatic N) is 1. The number of hydrogen-bond donors (Lipinski definition) is 1. The molecule has 0 aromatic heterocycles. The summed E-state index contributed by atoms with van der Waals surface area (Å²) in [5.41, 5.74) is 7.96. The van der Waals surface area contributed by atoms with Crippen LogP contribution in [0, 0.1) is 6.92 Å². The van der Waals surface area contributed by atoms with E-state index < -0.39 is 0 Å². The molecule has 0 radical (unpaired) electrons. The molecule has 0 saturated carbocycles. The maximum absolute atomic E-state index is 5.87. The van der Waals surface area contributed by atoms with E-state index in [1.807, 2.05) is 14.1 Å². The molecule has 2 N–H and O–H groups in total. The average Bonchev–Trinajstić information content (AvgIpc) is 2.21. The zero-order valence-corrected chi connectivity index (χ0v) is 12.4. The van der Waals surface area contributed by atoms with Crippen LogP contribution in [0.15, 0.2) is 16.6 Å². The van der Waals surface area contributed by atoms with Gasteiger partial charge in [0.2, 0.25) is 0 Å². The van der Waals surface area contributed by atoms with Crippen LogP contribution in [0.1, 0.15) is 11.1 Å². The monoisotopic (exact) mass is 300 g/mol. The first-order valence-corrected chi connectivity index (χ1v) is 6.60. The standard InChI is InChI=1S/C13H21BrN2O/c1-10-8-12(14)9-11(4-5-15)13(10)17-7-6-16(2)3/h8-9H,4-7,15H2,1-3H3. The van der Waals surface area contributed by atoms with Crippen molar-refractivity contribution in [2.75, 3.05) is 33.8 Å². The first kappa shape index (κ1) is 14.5. The lowest BCUT2D eigenvalue weighted by molar-refractivity contribution is 0.258. The summed E-state index contributed by atoms with van der Waals surface area (Å²) in [6, 6.07) is 4.16. The van der Waals surface area contributed by atoms with Gasteiger partial charge < -0.3 is 15.4 Å². The number of rotatable bonds is 6. The Hall–Kier alpha value is -0.580. The fourth-order valence-electron chi connectivity index (χ4n) is 1.68. The zero-order chi connectivity index (χ0) is 12.8. The van der Waals surface area contributed by atoms with E-state index in [2.05, 4.69) is 39.9 Å². The molecule has 0 aliphatic rings. The summed E-state index contributed by atoms with van der Waals surface area (Å²) < 4.78 is 6.95. The molecule has 0 spiro atoms. The molecule has 0 unspecified atom stereocenters.